The molecule has 2 aliphatic heterocycles. The highest BCUT2D eigenvalue weighted by molar-refractivity contribution is 6.12. The molecule has 5 heterocycles. The zero-order valence-electron chi connectivity index (χ0n) is 45.8. The van der Waals surface area contributed by atoms with E-state index in [1.54, 1.807) is 0 Å². The molecule has 83 heavy (non-hydrogen) atoms. The molecule has 9 aromatic carbocycles. The maximum atomic E-state index is 5.45. The van der Waals surface area contributed by atoms with Crippen LogP contribution in [0.4, 0.5) is 17.1 Å². The summed E-state index contributed by atoms with van der Waals surface area (Å²) in [5.41, 5.74) is 19.1. The van der Waals surface area contributed by atoms with Crippen LogP contribution >= 0.6 is 0 Å². The van der Waals surface area contributed by atoms with Crippen LogP contribution in [0.15, 0.2) is 279 Å². The Morgan fingerprint density at radius 2 is 1.05 bits per heavy atom. The highest BCUT2D eigenvalue weighted by Crippen LogP contribution is 2.55. The maximum Gasteiger partial charge on any atom is 0.164 e. The topological polar surface area (TPSA) is 55.0 Å². The fourth-order valence-electron chi connectivity index (χ4n) is 14.3. The third-order valence-electron chi connectivity index (χ3n) is 18.1. The normalized spacial score (nSPS) is 19.4. The molecule has 5 aliphatic rings. The summed E-state index contributed by atoms with van der Waals surface area (Å²) >= 11 is 0. The first-order chi connectivity index (χ1) is 41.0. The number of rotatable bonds is 8. The number of fused-ring (bicyclic) bond motifs is 12. The fraction of sp³-hybridized carbons (Fsp3) is 0.0921. The molecule has 0 N–H and O–H groups in total. The molecule has 0 amide bonds. The van der Waals surface area contributed by atoms with E-state index in [-0.39, 0.29) is 23.4 Å². The van der Waals surface area contributed by atoms with E-state index in [0.29, 0.717) is 17.5 Å². The van der Waals surface area contributed by atoms with E-state index in [9.17, 15) is 0 Å². The zero-order chi connectivity index (χ0) is 54.8. The molecule has 17 rings (SSSR count). The van der Waals surface area contributed by atoms with Gasteiger partial charge in [-0.2, -0.15) is 0 Å². The molecule has 0 saturated carbocycles. The van der Waals surface area contributed by atoms with Gasteiger partial charge in [0.05, 0.1) is 45.0 Å². The van der Waals surface area contributed by atoms with Gasteiger partial charge in [0.15, 0.2) is 17.5 Å². The predicted molar refractivity (Wildman–Crippen MR) is 342 cm³/mol. The van der Waals surface area contributed by atoms with Gasteiger partial charge in [-0.3, -0.25) is 0 Å². The molecule has 3 aromatic heterocycles. The standard InChI is InChI=1S/C76H55N7/c1-76-44-43-51(47-63(76)61-32-13-19-38-70(61)83(76)54-24-6-3-7-25-54)50-39-41-69-62(46-50)60-31-12-18-37-68(60)81(69)71-42-40-53(48-72(71)82-66-35-16-10-29-58(66)59-30-11-17-36-67(59)82)75-78-73(49-21-4-2-5-22-49)77-74(79-75)52-23-20-26-55(45-52)80-64-33-14-8-27-56(64)57-28-9-15-34-65(57)80/h2,4-6,8-48,56,63-64H,3,7H2,1H3. The van der Waals surface area contributed by atoms with Crippen molar-refractivity contribution in [1.29, 1.82) is 0 Å². The van der Waals surface area contributed by atoms with Crippen molar-refractivity contribution in [3.8, 4) is 45.5 Å². The van der Waals surface area contributed by atoms with Gasteiger partial charge in [-0.25, -0.2) is 15.0 Å². The minimum Gasteiger partial charge on any atom is -0.333 e. The Balaban J connectivity index is 0.838. The molecule has 7 nitrogen and oxygen atoms in total. The van der Waals surface area contributed by atoms with Crippen LogP contribution in [0.1, 0.15) is 48.3 Å². The summed E-state index contributed by atoms with van der Waals surface area (Å²) in [6.07, 6.45) is 25.5. The molecular weight excluding hydrogens is 1010 g/mol. The van der Waals surface area contributed by atoms with Crippen molar-refractivity contribution < 1.29 is 0 Å². The van der Waals surface area contributed by atoms with Crippen molar-refractivity contribution >= 4 is 66.2 Å². The van der Waals surface area contributed by atoms with Crippen LogP contribution in [0, 0.1) is 0 Å². The predicted octanol–water partition coefficient (Wildman–Crippen LogP) is 18.3. The van der Waals surface area contributed by atoms with E-state index in [1.165, 1.54) is 60.9 Å². The highest BCUT2D eigenvalue weighted by Gasteiger charge is 2.48. The van der Waals surface area contributed by atoms with E-state index in [1.807, 2.05) is 18.2 Å². The molecule has 3 aliphatic carbocycles. The lowest BCUT2D eigenvalue weighted by Crippen LogP contribution is -2.44. The lowest BCUT2D eigenvalue weighted by molar-refractivity contribution is 0.531. The number of para-hydroxylation sites is 5. The fourth-order valence-corrected chi connectivity index (χ4v) is 14.3. The summed E-state index contributed by atoms with van der Waals surface area (Å²) in [7, 11) is 0. The maximum absolute atomic E-state index is 5.45. The molecule has 0 saturated heterocycles. The van der Waals surface area contributed by atoms with Gasteiger partial charge < -0.3 is 18.9 Å². The van der Waals surface area contributed by atoms with Gasteiger partial charge in [0.2, 0.25) is 0 Å². The molecule has 4 unspecified atom stereocenters. The van der Waals surface area contributed by atoms with Crippen LogP contribution in [-0.4, -0.2) is 35.7 Å². The van der Waals surface area contributed by atoms with E-state index in [4.69, 9.17) is 15.0 Å². The lowest BCUT2D eigenvalue weighted by Gasteiger charge is -2.41. The van der Waals surface area contributed by atoms with Crippen molar-refractivity contribution in [3.05, 3.63) is 295 Å². The number of allylic oxidation sites excluding steroid dienone is 7. The van der Waals surface area contributed by atoms with Gasteiger partial charge in [0, 0.05) is 72.8 Å². The summed E-state index contributed by atoms with van der Waals surface area (Å²) < 4.78 is 4.91. The van der Waals surface area contributed by atoms with Crippen molar-refractivity contribution in [2.24, 2.45) is 0 Å². The first kappa shape index (κ1) is 47.4. The van der Waals surface area contributed by atoms with Crippen LogP contribution in [-0.2, 0) is 0 Å². The Morgan fingerprint density at radius 3 is 1.80 bits per heavy atom. The summed E-state index contributed by atoms with van der Waals surface area (Å²) in [5, 5.41) is 4.78. The second kappa shape index (κ2) is 18.6. The Morgan fingerprint density at radius 1 is 0.446 bits per heavy atom. The van der Waals surface area contributed by atoms with Crippen LogP contribution in [0.5, 0.6) is 0 Å². The van der Waals surface area contributed by atoms with Gasteiger partial charge in [-0.15, -0.1) is 0 Å². The Hall–Kier alpha value is -10.4. The van der Waals surface area contributed by atoms with Gasteiger partial charge in [-0.05, 0) is 121 Å². The third-order valence-corrected chi connectivity index (χ3v) is 18.1. The summed E-state index contributed by atoms with van der Waals surface area (Å²) in [6.45, 7) is 2.40. The van der Waals surface area contributed by atoms with Crippen molar-refractivity contribution in [2.75, 3.05) is 9.80 Å². The van der Waals surface area contributed by atoms with Crippen molar-refractivity contribution in [1.82, 2.24) is 24.1 Å². The minimum absolute atomic E-state index is 0.165. The minimum atomic E-state index is -0.233. The number of hydrogen-bond acceptors (Lipinski definition) is 5. The number of benzene rings is 9. The molecule has 0 radical (unpaired) electrons. The number of hydrogen-bond donors (Lipinski definition) is 0. The molecule has 0 spiro atoms. The quantitative estimate of drug-likeness (QED) is 0.152. The molecule has 0 bridgehead atoms. The SMILES string of the molecule is CC12C=CC(c3ccc4c(c3)c3ccccc3n4-c3ccc(-c4nc(-c5ccccc5)nc(-c5cccc(N6c7ccccc7C7C=CC=CC76)c5)n4)cc3-n3c4ccccc4c4ccccc43)=CC1c1ccccc1N2C1=CCCC=C1. The molecule has 12 aromatic rings. The van der Waals surface area contributed by atoms with Crippen LogP contribution < -0.4 is 9.80 Å². The third kappa shape index (κ3) is 7.33. The van der Waals surface area contributed by atoms with Crippen LogP contribution in [0.3, 0.4) is 0 Å². The van der Waals surface area contributed by atoms with E-state index in [2.05, 4.69) is 281 Å². The van der Waals surface area contributed by atoms with Crippen LogP contribution in [0.2, 0.25) is 0 Å². The highest BCUT2D eigenvalue weighted by atomic mass is 15.2. The summed E-state index contributed by atoms with van der Waals surface area (Å²) in [4.78, 5) is 21.1. The summed E-state index contributed by atoms with van der Waals surface area (Å²) in [6, 6.07) is 77.2. The lowest BCUT2D eigenvalue weighted by atomic mass is 9.77. The first-order valence-corrected chi connectivity index (χ1v) is 29.0. The molecular formula is C76H55N7. The number of anilines is 3. The van der Waals surface area contributed by atoms with E-state index in [0.717, 1.165) is 68.7 Å². The molecule has 394 valence electrons. The monoisotopic (exact) mass is 1070 g/mol. The van der Waals surface area contributed by atoms with Crippen molar-refractivity contribution in [2.45, 2.75) is 43.2 Å². The molecule has 0 fully saturated rings. The average molecular weight is 1070 g/mol. The largest absolute Gasteiger partial charge is 0.333 e. The summed E-state index contributed by atoms with van der Waals surface area (Å²) in [5.74, 6) is 2.27. The first-order valence-electron chi connectivity index (χ1n) is 29.0. The second-order valence-electron chi connectivity index (χ2n) is 22.8. The van der Waals surface area contributed by atoms with E-state index < -0.39 is 0 Å². The van der Waals surface area contributed by atoms with Gasteiger partial charge in [0.25, 0.3) is 0 Å². The van der Waals surface area contributed by atoms with Gasteiger partial charge >= 0.3 is 0 Å². The van der Waals surface area contributed by atoms with Crippen LogP contribution in [0.25, 0.3) is 94.7 Å². The Labute approximate surface area is 481 Å². The second-order valence-corrected chi connectivity index (χ2v) is 22.8. The van der Waals surface area contributed by atoms with Gasteiger partial charge in [-0.1, -0.05) is 194 Å². The van der Waals surface area contributed by atoms with Crippen molar-refractivity contribution in [3.63, 3.8) is 0 Å². The molecule has 4 atom stereocenters. The smallest absolute Gasteiger partial charge is 0.164 e. The zero-order valence-corrected chi connectivity index (χ0v) is 45.8. The number of aromatic nitrogens is 5. The van der Waals surface area contributed by atoms with Gasteiger partial charge in [0.1, 0.15) is 0 Å². The Bertz CT molecular complexity index is 4820. The average Bonchev–Trinajstić information content (AvgIpc) is 2.42. The Kier molecular flexibility index (Phi) is 10.6. The molecule has 7 heteroatoms. The van der Waals surface area contributed by atoms with E-state index >= 15 is 0 Å². The number of nitrogens with zero attached hydrogens (tertiary/aromatic N) is 7.